The van der Waals surface area contributed by atoms with Crippen molar-refractivity contribution in [3.05, 3.63) is 24.3 Å². The van der Waals surface area contributed by atoms with Gasteiger partial charge in [0.2, 0.25) is 5.91 Å². The van der Waals surface area contributed by atoms with Gasteiger partial charge in [-0.05, 0) is 57.4 Å². The molecule has 1 fully saturated rings. The number of piperidine rings is 1. The quantitative estimate of drug-likeness (QED) is 0.691. The SMILES string of the molecule is CC(C)NS(=O)(=O)NCC(=O)Nc1ccc(N2CCCCC2)cc1. The summed E-state index contributed by atoms with van der Waals surface area (Å²) in [5.41, 5.74) is 1.80. The molecule has 3 N–H and O–H groups in total. The number of nitrogens with zero attached hydrogens (tertiary/aromatic N) is 1. The fourth-order valence-corrected chi connectivity index (χ4v) is 3.65. The third-order valence-corrected chi connectivity index (χ3v) is 4.99. The zero-order chi connectivity index (χ0) is 17.6. The van der Waals surface area contributed by atoms with Crippen molar-refractivity contribution in [2.45, 2.75) is 39.2 Å². The summed E-state index contributed by atoms with van der Waals surface area (Å²) in [6.45, 7) is 5.25. The lowest BCUT2D eigenvalue weighted by molar-refractivity contribution is -0.115. The molecule has 8 heteroatoms. The molecule has 7 nitrogen and oxygen atoms in total. The summed E-state index contributed by atoms with van der Waals surface area (Å²) in [5.74, 6) is -0.408. The van der Waals surface area contributed by atoms with Crippen LogP contribution in [-0.4, -0.2) is 40.0 Å². The van der Waals surface area contributed by atoms with E-state index in [1.165, 1.54) is 19.3 Å². The van der Waals surface area contributed by atoms with E-state index in [1.54, 1.807) is 13.8 Å². The molecule has 24 heavy (non-hydrogen) atoms. The monoisotopic (exact) mass is 354 g/mol. The topological polar surface area (TPSA) is 90.5 Å². The Morgan fingerprint density at radius 2 is 1.75 bits per heavy atom. The van der Waals surface area contributed by atoms with Gasteiger partial charge in [-0.2, -0.15) is 17.9 Å². The van der Waals surface area contributed by atoms with Crippen LogP contribution in [0.25, 0.3) is 0 Å². The van der Waals surface area contributed by atoms with E-state index in [1.807, 2.05) is 24.3 Å². The molecule has 1 heterocycles. The third-order valence-electron chi connectivity index (χ3n) is 3.69. The van der Waals surface area contributed by atoms with Gasteiger partial charge in [-0.25, -0.2) is 0 Å². The highest BCUT2D eigenvalue weighted by atomic mass is 32.2. The molecule has 0 spiro atoms. The maximum atomic E-state index is 11.9. The van der Waals surface area contributed by atoms with Crippen molar-refractivity contribution in [2.75, 3.05) is 29.9 Å². The van der Waals surface area contributed by atoms with E-state index in [9.17, 15) is 13.2 Å². The van der Waals surface area contributed by atoms with E-state index >= 15 is 0 Å². The van der Waals surface area contributed by atoms with Gasteiger partial charge in [0.15, 0.2) is 0 Å². The summed E-state index contributed by atoms with van der Waals surface area (Å²) in [6, 6.07) is 7.40. The molecule has 1 aromatic carbocycles. The smallest absolute Gasteiger partial charge is 0.277 e. The van der Waals surface area contributed by atoms with E-state index < -0.39 is 16.1 Å². The fraction of sp³-hybridized carbons (Fsp3) is 0.562. The summed E-state index contributed by atoms with van der Waals surface area (Å²) >= 11 is 0. The Labute approximate surface area is 144 Å². The predicted molar refractivity (Wildman–Crippen MR) is 96.3 cm³/mol. The van der Waals surface area contributed by atoms with Gasteiger partial charge in [-0.1, -0.05) is 0 Å². The van der Waals surface area contributed by atoms with Gasteiger partial charge in [0.1, 0.15) is 0 Å². The molecule has 0 aliphatic carbocycles. The second kappa shape index (κ2) is 8.46. The number of carbonyl (C=O) groups is 1. The Bertz CT molecular complexity index is 638. The molecule has 0 aromatic heterocycles. The van der Waals surface area contributed by atoms with Crippen LogP contribution < -0.4 is 19.7 Å². The summed E-state index contributed by atoms with van der Waals surface area (Å²) < 4.78 is 27.8. The second-order valence-corrected chi connectivity index (χ2v) is 7.77. The minimum Gasteiger partial charge on any atom is -0.372 e. The molecule has 0 unspecified atom stereocenters. The van der Waals surface area contributed by atoms with Crippen LogP contribution in [0.2, 0.25) is 0 Å². The highest BCUT2D eigenvalue weighted by Crippen LogP contribution is 2.21. The van der Waals surface area contributed by atoms with E-state index in [0.717, 1.165) is 18.8 Å². The van der Waals surface area contributed by atoms with Crippen molar-refractivity contribution in [1.82, 2.24) is 9.44 Å². The molecule has 1 aliphatic rings. The molecule has 0 radical (unpaired) electrons. The zero-order valence-electron chi connectivity index (χ0n) is 14.2. The number of carbonyl (C=O) groups excluding carboxylic acids is 1. The number of benzene rings is 1. The van der Waals surface area contributed by atoms with E-state index in [0.29, 0.717) is 5.69 Å². The Hall–Kier alpha value is -1.64. The molecule has 2 rings (SSSR count). The first-order valence-corrected chi connectivity index (χ1v) is 9.76. The lowest BCUT2D eigenvalue weighted by Gasteiger charge is -2.28. The minimum atomic E-state index is -3.66. The maximum Gasteiger partial charge on any atom is 0.277 e. The molecule has 0 bridgehead atoms. The van der Waals surface area contributed by atoms with E-state index in [2.05, 4.69) is 19.7 Å². The van der Waals surface area contributed by atoms with Crippen molar-refractivity contribution in [3.63, 3.8) is 0 Å². The first-order chi connectivity index (χ1) is 11.4. The highest BCUT2D eigenvalue weighted by molar-refractivity contribution is 7.87. The standard InChI is InChI=1S/C16H26N4O3S/c1-13(2)19-24(22,23)17-12-16(21)18-14-6-8-15(9-7-14)20-10-4-3-5-11-20/h6-9,13,17,19H,3-5,10-12H2,1-2H3,(H,18,21). The van der Waals surface area contributed by atoms with Gasteiger partial charge in [0.25, 0.3) is 10.2 Å². The van der Waals surface area contributed by atoms with Gasteiger partial charge >= 0.3 is 0 Å². The van der Waals surface area contributed by atoms with Crippen LogP contribution in [0.3, 0.4) is 0 Å². The molecule has 0 atom stereocenters. The third kappa shape index (κ3) is 6.10. The zero-order valence-corrected chi connectivity index (χ0v) is 15.0. The average Bonchev–Trinajstić information content (AvgIpc) is 2.53. The molecule has 1 amide bonds. The van der Waals surface area contributed by atoms with Crippen molar-refractivity contribution in [2.24, 2.45) is 0 Å². The number of hydrogen-bond acceptors (Lipinski definition) is 4. The first-order valence-electron chi connectivity index (χ1n) is 8.27. The maximum absolute atomic E-state index is 11.9. The molecule has 0 saturated carbocycles. The van der Waals surface area contributed by atoms with Crippen LogP contribution in [0.15, 0.2) is 24.3 Å². The van der Waals surface area contributed by atoms with Crippen molar-refractivity contribution < 1.29 is 13.2 Å². The molecule has 1 aliphatic heterocycles. The molecular weight excluding hydrogens is 328 g/mol. The van der Waals surface area contributed by atoms with Crippen LogP contribution in [0, 0.1) is 0 Å². The van der Waals surface area contributed by atoms with Gasteiger partial charge in [-0.15, -0.1) is 0 Å². The number of amides is 1. The Balaban J connectivity index is 1.83. The molecule has 1 aromatic rings. The first kappa shape index (κ1) is 18.7. The van der Waals surface area contributed by atoms with Gasteiger partial charge in [-0.3, -0.25) is 4.79 Å². The summed E-state index contributed by atoms with van der Waals surface area (Å²) in [5, 5.41) is 2.69. The lowest BCUT2D eigenvalue weighted by atomic mass is 10.1. The average molecular weight is 354 g/mol. The summed E-state index contributed by atoms with van der Waals surface area (Å²) in [4.78, 5) is 14.2. The largest absolute Gasteiger partial charge is 0.372 e. The summed E-state index contributed by atoms with van der Waals surface area (Å²) in [7, 11) is -3.66. The lowest BCUT2D eigenvalue weighted by Crippen LogP contribution is -2.43. The minimum absolute atomic E-state index is 0.229. The van der Waals surface area contributed by atoms with E-state index in [-0.39, 0.29) is 12.6 Å². The fourth-order valence-electron chi connectivity index (χ4n) is 2.63. The number of rotatable bonds is 7. The second-order valence-electron chi connectivity index (χ2n) is 6.24. The van der Waals surface area contributed by atoms with Crippen LogP contribution in [-0.2, 0) is 15.0 Å². The van der Waals surface area contributed by atoms with Crippen LogP contribution >= 0.6 is 0 Å². The Kier molecular flexibility index (Phi) is 6.59. The number of nitrogens with one attached hydrogen (secondary N) is 3. The van der Waals surface area contributed by atoms with Crippen molar-refractivity contribution in [1.29, 1.82) is 0 Å². The van der Waals surface area contributed by atoms with Gasteiger partial charge in [0.05, 0.1) is 6.54 Å². The number of hydrogen-bond donors (Lipinski definition) is 3. The van der Waals surface area contributed by atoms with Gasteiger partial charge < -0.3 is 10.2 Å². The molecule has 134 valence electrons. The van der Waals surface area contributed by atoms with Crippen molar-refractivity contribution in [3.8, 4) is 0 Å². The van der Waals surface area contributed by atoms with Gasteiger partial charge in [0, 0.05) is 30.5 Å². The van der Waals surface area contributed by atoms with Crippen LogP contribution in [0.1, 0.15) is 33.1 Å². The van der Waals surface area contributed by atoms with E-state index in [4.69, 9.17) is 0 Å². The number of anilines is 2. The van der Waals surface area contributed by atoms with Crippen LogP contribution in [0.5, 0.6) is 0 Å². The van der Waals surface area contributed by atoms with Crippen molar-refractivity contribution >= 4 is 27.5 Å². The Morgan fingerprint density at radius 3 is 2.33 bits per heavy atom. The predicted octanol–water partition coefficient (Wildman–Crippen LogP) is 1.45. The molecule has 1 saturated heterocycles. The summed E-state index contributed by atoms with van der Waals surface area (Å²) in [6.07, 6.45) is 3.71. The Morgan fingerprint density at radius 1 is 1.12 bits per heavy atom. The molecular formula is C16H26N4O3S. The highest BCUT2D eigenvalue weighted by Gasteiger charge is 2.14. The van der Waals surface area contributed by atoms with Crippen LogP contribution in [0.4, 0.5) is 11.4 Å². The normalized spacial score (nSPS) is 15.5.